The van der Waals surface area contributed by atoms with Gasteiger partial charge in [-0.3, -0.25) is 9.78 Å². The Hall–Kier alpha value is -4.10. The van der Waals surface area contributed by atoms with Crippen molar-refractivity contribution in [3.8, 4) is 11.3 Å². The van der Waals surface area contributed by atoms with Crippen molar-refractivity contribution in [2.24, 2.45) is 0 Å². The monoisotopic (exact) mass is 583 g/mol. The molecule has 41 heavy (non-hydrogen) atoms. The van der Waals surface area contributed by atoms with Gasteiger partial charge in [0, 0.05) is 49.6 Å². The molecule has 0 saturated heterocycles. The molecule has 2 aromatic heterocycles. The number of nitrogens with zero attached hydrogens (tertiary/aromatic N) is 4. The molecule has 3 heterocycles. The Morgan fingerprint density at radius 1 is 1.02 bits per heavy atom. The van der Waals surface area contributed by atoms with E-state index in [0.29, 0.717) is 17.7 Å². The highest BCUT2D eigenvalue weighted by Crippen LogP contribution is 2.36. The zero-order valence-electron chi connectivity index (χ0n) is 22.4. The first-order valence-electron chi connectivity index (χ1n) is 12.6. The quantitative estimate of drug-likeness (QED) is 0.317. The Morgan fingerprint density at radius 3 is 2.32 bits per heavy atom. The topological polar surface area (TPSA) is 89.4 Å². The van der Waals surface area contributed by atoms with Crippen LogP contribution in [0.2, 0.25) is 0 Å². The summed E-state index contributed by atoms with van der Waals surface area (Å²) in [5.41, 5.74) is -0.608. The molecule has 1 atom stereocenters. The van der Waals surface area contributed by atoms with E-state index in [2.05, 4.69) is 15.3 Å². The van der Waals surface area contributed by atoms with E-state index in [-0.39, 0.29) is 43.0 Å². The molecular weight excluding hydrogens is 556 g/mol. The van der Waals surface area contributed by atoms with E-state index >= 15 is 0 Å². The van der Waals surface area contributed by atoms with Crippen LogP contribution >= 0.6 is 0 Å². The van der Waals surface area contributed by atoms with E-state index in [1.165, 1.54) is 29.4 Å². The number of amides is 2. The third-order valence-corrected chi connectivity index (χ3v) is 6.26. The summed E-state index contributed by atoms with van der Waals surface area (Å²) in [5.74, 6) is -5.44. The van der Waals surface area contributed by atoms with Crippen LogP contribution in [0.15, 0.2) is 36.7 Å². The van der Waals surface area contributed by atoms with E-state index < -0.39 is 59.5 Å². The number of imidazole rings is 1. The third kappa shape index (κ3) is 7.16. The first-order valence-corrected chi connectivity index (χ1v) is 12.6. The van der Waals surface area contributed by atoms with Gasteiger partial charge in [0.25, 0.3) is 0 Å². The van der Waals surface area contributed by atoms with Gasteiger partial charge in [-0.15, -0.1) is 0 Å². The van der Waals surface area contributed by atoms with Crippen molar-refractivity contribution in [3.05, 3.63) is 71.2 Å². The molecule has 1 unspecified atom stereocenters. The maximum atomic E-state index is 14.4. The lowest BCUT2D eigenvalue weighted by atomic mass is 10.0. The summed E-state index contributed by atoms with van der Waals surface area (Å²) in [7, 11) is 0. The number of hydrogen-bond acceptors (Lipinski definition) is 5. The number of carbonyl (C=O) groups is 2. The van der Waals surface area contributed by atoms with Crippen LogP contribution in [0.4, 0.5) is 31.1 Å². The molecule has 4 rings (SSSR count). The number of carbonyl (C=O) groups excluding carboxylic acids is 2. The van der Waals surface area contributed by atoms with Crippen molar-refractivity contribution in [1.82, 2.24) is 24.8 Å². The minimum atomic E-state index is -4.73. The largest absolute Gasteiger partial charge is 0.449 e. The van der Waals surface area contributed by atoms with Gasteiger partial charge in [-0.2, -0.15) is 13.2 Å². The molecule has 0 aliphatic carbocycles. The van der Waals surface area contributed by atoms with Crippen molar-refractivity contribution in [2.45, 2.75) is 64.5 Å². The first-order chi connectivity index (χ1) is 19.1. The molecule has 0 radical (unpaired) electrons. The van der Waals surface area contributed by atoms with Gasteiger partial charge in [-0.25, -0.2) is 22.9 Å². The Labute approximate surface area is 231 Å². The molecule has 3 aromatic rings. The highest BCUT2D eigenvalue weighted by atomic mass is 19.4. The predicted molar refractivity (Wildman–Crippen MR) is 134 cm³/mol. The lowest BCUT2D eigenvalue weighted by Gasteiger charge is -2.31. The Balaban J connectivity index is 1.59. The Kier molecular flexibility index (Phi) is 8.31. The minimum absolute atomic E-state index is 0.0458. The number of nitrogens with one attached hydrogen (secondary N) is 1. The molecule has 0 bridgehead atoms. The molecule has 1 N–H and O–H groups in total. The van der Waals surface area contributed by atoms with Gasteiger partial charge >= 0.3 is 12.3 Å². The minimum Gasteiger partial charge on any atom is -0.444 e. The standard InChI is InChI=1S/C27H27F6N5O3/c1-26(2,3)41-25(40)35-17(10-16-11-19(29)20(30)13-18(16)28)12-22(39)37-8-9-38-21(14-37)23(15-4-6-34-7-5-15)36-24(38)27(31,32)33/h4-7,11,13,17H,8-10,12,14H2,1-3H3,(H,35,40). The highest BCUT2D eigenvalue weighted by molar-refractivity contribution is 5.78. The fraction of sp³-hybridized carbons (Fsp3) is 0.407. The summed E-state index contributed by atoms with van der Waals surface area (Å²) in [4.78, 5) is 34.9. The lowest BCUT2D eigenvalue weighted by Crippen LogP contribution is -2.45. The molecule has 1 aliphatic rings. The summed E-state index contributed by atoms with van der Waals surface area (Å²) in [6.45, 7) is 4.30. The number of alkyl carbamates (subject to hydrolysis) is 1. The number of ether oxygens (including phenoxy) is 1. The highest BCUT2D eigenvalue weighted by Gasteiger charge is 2.41. The van der Waals surface area contributed by atoms with Crippen LogP contribution in [0.3, 0.4) is 0 Å². The van der Waals surface area contributed by atoms with Gasteiger partial charge in [-0.1, -0.05) is 0 Å². The molecule has 1 aliphatic heterocycles. The van der Waals surface area contributed by atoms with Crippen LogP contribution in [-0.2, 0) is 35.2 Å². The second kappa shape index (κ2) is 11.4. The number of hydrogen-bond donors (Lipinski definition) is 1. The van der Waals surface area contributed by atoms with Gasteiger partial charge in [0.15, 0.2) is 11.6 Å². The number of alkyl halides is 3. The molecular formula is C27H27F6N5O3. The Morgan fingerprint density at radius 2 is 1.68 bits per heavy atom. The van der Waals surface area contributed by atoms with E-state index in [9.17, 15) is 35.9 Å². The average Bonchev–Trinajstić information content (AvgIpc) is 3.26. The summed E-state index contributed by atoms with van der Waals surface area (Å²) in [5, 5.41) is 2.47. The lowest BCUT2D eigenvalue weighted by molar-refractivity contribution is -0.148. The molecule has 0 fully saturated rings. The van der Waals surface area contributed by atoms with Gasteiger partial charge in [0.1, 0.15) is 11.4 Å². The maximum absolute atomic E-state index is 14.4. The average molecular weight is 584 g/mol. The van der Waals surface area contributed by atoms with Gasteiger partial charge in [-0.05, 0) is 51.0 Å². The van der Waals surface area contributed by atoms with Crippen molar-refractivity contribution in [1.29, 1.82) is 0 Å². The molecule has 1 aromatic carbocycles. The van der Waals surface area contributed by atoms with Crippen LogP contribution in [0.25, 0.3) is 11.3 Å². The zero-order valence-corrected chi connectivity index (χ0v) is 22.4. The third-order valence-electron chi connectivity index (χ3n) is 6.26. The van der Waals surface area contributed by atoms with Crippen molar-refractivity contribution < 1.29 is 40.7 Å². The van der Waals surface area contributed by atoms with Gasteiger partial charge in [0.2, 0.25) is 11.7 Å². The normalized spacial score (nSPS) is 14.4. The van der Waals surface area contributed by atoms with E-state index in [0.717, 1.165) is 4.57 Å². The second-order valence-electron chi connectivity index (χ2n) is 10.5. The SMILES string of the molecule is CC(C)(C)OC(=O)NC(CC(=O)N1CCn2c(C(F)(F)F)nc(-c3ccncc3)c2C1)Cc1cc(F)c(F)cc1F. The molecule has 220 valence electrons. The predicted octanol–water partition coefficient (Wildman–Crippen LogP) is 5.25. The van der Waals surface area contributed by atoms with Gasteiger partial charge < -0.3 is 19.5 Å². The number of rotatable bonds is 6. The molecule has 2 amide bonds. The molecule has 14 heteroatoms. The maximum Gasteiger partial charge on any atom is 0.449 e. The molecule has 8 nitrogen and oxygen atoms in total. The van der Waals surface area contributed by atoms with E-state index in [1.54, 1.807) is 20.8 Å². The van der Waals surface area contributed by atoms with E-state index in [1.807, 2.05) is 0 Å². The fourth-order valence-corrected chi connectivity index (χ4v) is 4.51. The smallest absolute Gasteiger partial charge is 0.444 e. The summed E-state index contributed by atoms with van der Waals surface area (Å²) in [6.07, 6.45) is -3.66. The van der Waals surface area contributed by atoms with Gasteiger partial charge in [0.05, 0.1) is 17.9 Å². The number of pyridine rings is 1. The summed E-state index contributed by atoms with van der Waals surface area (Å²) in [6, 6.07) is 2.89. The Bertz CT molecular complexity index is 1440. The summed E-state index contributed by atoms with van der Waals surface area (Å²) < 4.78 is 89.2. The summed E-state index contributed by atoms with van der Waals surface area (Å²) >= 11 is 0. The van der Waals surface area contributed by atoms with Crippen LogP contribution in [0.5, 0.6) is 0 Å². The first kappa shape index (κ1) is 29.9. The number of fused-ring (bicyclic) bond motifs is 1. The van der Waals surface area contributed by atoms with Crippen LogP contribution < -0.4 is 5.32 Å². The fourth-order valence-electron chi connectivity index (χ4n) is 4.51. The van der Waals surface area contributed by atoms with Crippen LogP contribution in [0, 0.1) is 17.5 Å². The number of halogens is 6. The number of aromatic nitrogens is 3. The van der Waals surface area contributed by atoms with Crippen molar-refractivity contribution in [2.75, 3.05) is 6.54 Å². The second-order valence-corrected chi connectivity index (χ2v) is 10.5. The van der Waals surface area contributed by atoms with Crippen molar-refractivity contribution in [3.63, 3.8) is 0 Å². The van der Waals surface area contributed by atoms with Crippen molar-refractivity contribution >= 4 is 12.0 Å². The van der Waals surface area contributed by atoms with Crippen LogP contribution in [-0.4, -0.2) is 49.6 Å². The molecule has 0 spiro atoms. The zero-order chi connectivity index (χ0) is 30.1. The number of benzene rings is 1. The van der Waals surface area contributed by atoms with Crippen LogP contribution in [0.1, 0.15) is 44.3 Å². The van der Waals surface area contributed by atoms with E-state index in [4.69, 9.17) is 4.74 Å². The molecule has 0 saturated carbocycles.